The Morgan fingerprint density at radius 1 is 1.26 bits per heavy atom. The lowest BCUT2D eigenvalue weighted by molar-refractivity contribution is -0.122. The molecule has 8 heteroatoms. The first-order valence-corrected chi connectivity index (χ1v) is 9.97. The number of anilines is 1. The van der Waals surface area contributed by atoms with Crippen LogP contribution in [0.4, 0.5) is 5.13 Å². The summed E-state index contributed by atoms with van der Waals surface area (Å²) in [6.45, 7) is 5.54. The van der Waals surface area contributed by atoms with E-state index in [1.807, 2.05) is 35.8 Å². The van der Waals surface area contributed by atoms with Gasteiger partial charge in [0.15, 0.2) is 5.13 Å². The highest BCUT2D eigenvalue weighted by Gasteiger charge is 2.20. The average Bonchev–Trinajstić information content (AvgIpc) is 3.22. The van der Waals surface area contributed by atoms with E-state index in [0.29, 0.717) is 26.3 Å². The van der Waals surface area contributed by atoms with Crippen LogP contribution in [-0.4, -0.2) is 68.8 Å². The van der Waals surface area contributed by atoms with Gasteiger partial charge < -0.3 is 19.7 Å². The number of nitrogens with zero attached hydrogens (tertiary/aromatic N) is 3. The number of piperazine rings is 1. The Balaban J connectivity index is 1.38. The fraction of sp³-hybridized carbons (Fsp3) is 0.474. The van der Waals surface area contributed by atoms with Crippen molar-refractivity contribution in [2.45, 2.75) is 6.54 Å². The minimum absolute atomic E-state index is 0.0448. The maximum absolute atomic E-state index is 12.3. The second kappa shape index (κ2) is 10.2. The molecule has 2 heterocycles. The largest absolute Gasteiger partial charge is 0.491 e. The third kappa shape index (κ3) is 6.20. The van der Waals surface area contributed by atoms with E-state index >= 15 is 0 Å². The number of amides is 1. The minimum Gasteiger partial charge on any atom is -0.491 e. The van der Waals surface area contributed by atoms with E-state index in [1.165, 1.54) is 0 Å². The Hall–Kier alpha value is -2.16. The number of hydrogen-bond donors (Lipinski definition) is 1. The molecule has 0 radical (unpaired) electrons. The van der Waals surface area contributed by atoms with Crippen molar-refractivity contribution in [1.29, 1.82) is 0 Å². The van der Waals surface area contributed by atoms with Gasteiger partial charge in [-0.05, 0) is 17.7 Å². The molecule has 0 atom stereocenters. The minimum atomic E-state index is 0.0448. The maximum Gasteiger partial charge on any atom is 0.234 e. The molecule has 1 aliphatic heterocycles. The van der Waals surface area contributed by atoms with E-state index in [-0.39, 0.29) is 5.91 Å². The van der Waals surface area contributed by atoms with Gasteiger partial charge in [-0.2, -0.15) is 0 Å². The van der Waals surface area contributed by atoms with Crippen molar-refractivity contribution in [3.8, 4) is 5.75 Å². The lowest BCUT2D eigenvalue weighted by Gasteiger charge is -2.34. The number of ether oxygens (including phenoxy) is 2. The van der Waals surface area contributed by atoms with E-state index in [4.69, 9.17) is 9.47 Å². The maximum atomic E-state index is 12.3. The summed E-state index contributed by atoms with van der Waals surface area (Å²) in [7, 11) is 1.65. The lowest BCUT2D eigenvalue weighted by atomic mass is 10.2. The molecule has 1 amide bonds. The molecule has 3 rings (SSSR count). The Morgan fingerprint density at radius 3 is 2.85 bits per heavy atom. The van der Waals surface area contributed by atoms with Gasteiger partial charge in [-0.3, -0.25) is 9.69 Å². The molecule has 1 saturated heterocycles. The molecule has 2 aromatic rings. The predicted molar refractivity (Wildman–Crippen MR) is 106 cm³/mol. The Labute approximate surface area is 163 Å². The number of benzene rings is 1. The Kier molecular flexibility index (Phi) is 7.44. The summed E-state index contributed by atoms with van der Waals surface area (Å²) in [5.74, 6) is 0.834. The first-order valence-electron chi connectivity index (χ1n) is 9.09. The SMILES string of the molecule is COCCOc1cccc(CNC(=O)CN2CCN(c3nccs3)CC2)c1. The first-order chi connectivity index (χ1) is 13.2. The summed E-state index contributed by atoms with van der Waals surface area (Å²) in [6, 6.07) is 7.77. The number of hydrogen-bond acceptors (Lipinski definition) is 7. The fourth-order valence-corrected chi connectivity index (χ4v) is 3.61. The Morgan fingerprint density at radius 2 is 2.11 bits per heavy atom. The van der Waals surface area contributed by atoms with Crippen LogP contribution < -0.4 is 15.0 Å². The van der Waals surface area contributed by atoms with Crippen LogP contribution in [0.25, 0.3) is 0 Å². The zero-order valence-corrected chi connectivity index (χ0v) is 16.4. The smallest absolute Gasteiger partial charge is 0.234 e. The van der Waals surface area contributed by atoms with E-state index in [1.54, 1.807) is 18.4 Å². The molecule has 0 spiro atoms. The summed E-state index contributed by atoms with van der Waals surface area (Å²) in [4.78, 5) is 21.1. The normalized spacial score (nSPS) is 14.9. The lowest BCUT2D eigenvalue weighted by Crippen LogP contribution is -2.49. The highest BCUT2D eigenvalue weighted by molar-refractivity contribution is 7.13. The van der Waals surface area contributed by atoms with Crippen LogP contribution in [0.3, 0.4) is 0 Å². The number of aromatic nitrogens is 1. The first kappa shape index (κ1) is 19.6. The molecule has 0 aliphatic carbocycles. The highest BCUT2D eigenvalue weighted by Crippen LogP contribution is 2.18. The molecule has 1 aliphatic rings. The van der Waals surface area contributed by atoms with Gasteiger partial charge in [-0.15, -0.1) is 11.3 Å². The van der Waals surface area contributed by atoms with Gasteiger partial charge in [-0.25, -0.2) is 4.98 Å². The van der Waals surface area contributed by atoms with Crippen molar-refractivity contribution in [3.63, 3.8) is 0 Å². The summed E-state index contributed by atoms with van der Waals surface area (Å²) in [6.07, 6.45) is 1.83. The number of methoxy groups -OCH3 is 1. The van der Waals surface area contributed by atoms with E-state index in [2.05, 4.69) is 20.1 Å². The molecule has 1 aromatic carbocycles. The standard InChI is InChI=1S/C19H26N4O3S/c1-25-10-11-26-17-4-2-3-16(13-17)14-21-18(24)15-22-6-8-23(9-7-22)19-20-5-12-27-19/h2-5,12-13H,6-11,14-15H2,1H3,(H,21,24). The third-order valence-corrected chi connectivity index (χ3v) is 5.21. The highest BCUT2D eigenvalue weighted by atomic mass is 32.1. The fourth-order valence-electron chi connectivity index (χ4n) is 2.92. The molecule has 27 heavy (non-hydrogen) atoms. The van der Waals surface area contributed by atoms with E-state index in [9.17, 15) is 4.79 Å². The quantitative estimate of drug-likeness (QED) is 0.656. The van der Waals surface area contributed by atoms with Crippen LogP contribution in [0.1, 0.15) is 5.56 Å². The van der Waals surface area contributed by atoms with Crippen molar-refractivity contribution in [1.82, 2.24) is 15.2 Å². The van der Waals surface area contributed by atoms with Crippen LogP contribution >= 0.6 is 11.3 Å². The van der Waals surface area contributed by atoms with Gasteiger partial charge in [0.05, 0.1) is 13.2 Å². The zero-order chi connectivity index (χ0) is 18.9. The molecule has 1 fully saturated rings. The van der Waals surface area contributed by atoms with Crippen LogP contribution in [-0.2, 0) is 16.1 Å². The number of nitrogens with one attached hydrogen (secondary N) is 1. The molecular weight excluding hydrogens is 364 g/mol. The van der Waals surface area contributed by atoms with Gasteiger partial charge in [0.1, 0.15) is 12.4 Å². The van der Waals surface area contributed by atoms with Gasteiger partial charge in [-0.1, -0.05) is 12.1 Å². The van der Waals surface area contributed by atoms with E-state index in [0.717, 1.165) is 42.6 Å². The zero-order valence-electron chi connectivity index (χ0n) is 15.6. The summed E-state index contributed by atoms with van der Waals surface area (Å²) in [5.41, 5.74) is 1.02. The molecule has 0 bridgehead atoms. The number of carbonyl (C=O) groups excluding carboxylic acids is 1. The summed E-state index contributed by atoms with van der Waals surface area (Å²) in [5, 5.41) is 6.05. The number of rotatable bonds is 9. The van der Waals surface area contributed by atoms with E-state index < -0.39 is 0 Å². The molecule has 0 saturated carbocycles. The second-order valence-electron chi connectivity index (χ2n) is 6.34. The van der Waals surface area contributed by atoms with Crippen LogP contribution in [0.5, 0.6) is 5.75 Å². The van der Waals surface area contributed by atoms with Crippen LogP contribution in [0.15, 0.2) is 35.8 Å². The summed E-state index contributed by atoms with van der Waals surface area (Å²) >= 11 is 1.66. The molecule has 1 N–H and O–H groups in total. The molecule has 146 valence electrons. The van der Waals surface area contributed by atoms with Gasteiger partial charge in [0, 0.05) is 51.4 Å². The van der Waals surface area contributed by atoms with Crippen LogP contribution in [0.2, 0.25) is 0 Å². The van der Waals surface area contributed by atoms with Crippen molar-refractivity contribution in [2.75, 3.05) is 57.9 Å². The topological polar surface area (TPSA) is 66.9 Å². The van der Waals surface area contributed by atoms with Crippen molar-refractivity contribution < 1.29 is 14.3 Å². The van der Waals surface area contributed by atoms with Crippen LogP contribution in [0, 0.1) is 0 Å². The third-order valence-electron chi connectivity index (χ3n) is 4.37. The molecule has 0 unspecified atom stereocenters. The van der Waals surface area contributed by atoms with Crippen molar-refractivity contribution in [2.24, 2.45) is 0 Å². The van der Waals surface area contributed by atoms with Gasteiger partial charge in [0.25, 0.3) is 0 Å². The van der Waals surface area contributed by atoms with Crippen molar-refractivity contribution in [3.05, 3.63) is 41.4 Å². The number of thiazole rings is 1. The predicted octanol–water partition coefficient (Wildman–Crippen LogP) is 1.61. The Bertz CT molecular complexity index is 703. The average molecular weight is 391 g/mol. The second-order valence-corrected chi connectivity index (χ2v) is 7.22. The monoisotopic (exact) mass is 390 g/mol. The summed E-state index contributed by atoms with van der Waals surface area (Å²) < 4.78 is 10.6. The van der Waals surface area contributed by atoms with Gasteiger partial charge >= 0.3 is 0 Å². The van der Waals surface area contributed by atoms with Gasteiger partial charge in [0.2, 0.25) is 5.91 Å². The molecular formula is C19H26N4O3S. The molecule has 1 aromatic heterocycles. The molecule has 7 nitrogen and oxygen atoms in total. The number of carbonyl (C=O) groups is 1. The van der Waals surface area contributed by atoms with Crippen molar-refractivity contribution >= 4 is 22.4 Å².